The highest BCUT2D eigenvalue weighted by Crippen LogP contribution is 2.23. The fourth-order valence-corrected chi connectivity index (χ4v) is 3.42. The Labute approximate surface area is 154 Å². The third-order valence-corrected chi connectivity index (χ3v) is 5.07. The fraction of sp³-hybridized carbons (Fsp3) is 0.444. The van der Waals surface area contributed by atoms with E-state index in [4.69, 9.17) is 9.15 Å². The van der Waals surface area contributed by atoms with Crippen molar-refractivity contribution in [3.05, 3.63) is 44.2 Å². The van der Waals surface area contributed by atoms with Crippen LogP contribution in [0.5, 0.6) is 0 Å². The number of aryl methyl sites for hydroxylation is 1. The average Bonchev–Trinajstić information content (AvgIpc) is 2.61. The topological polar surface area (TPSA) is 71.8 Å². The molecule has 3 rings (SSSR count). The summed E-state index contributed by atoms with van der Waals surface area (Å²) in [5.41, 5.74) is 0.566. The normalized spacial score (nSPS) is 16.8. The van der Waals surface area contributed by atoms with Gasteiger partial charge in [-0.15, -0.1) is 0 Å². The lowest BCUT2D eigenvalue weighted by Crippen LogP contribution is -2.47. The molecule has 2 heterocycles. The molecule has 1 aliphatic rings. The van der Waals surface area contributed by atoms with Gasteiger partial charge in [0.1, 0.15) is 11.1 Å². The van der Waals surface area contributed by atoms with Crippen molar-refractivity contribution in [1.82, 2.24) is 10.2 Å². The van der Waals surface area contributed by atoms with E-state index >= 15 is 0 Å². The quantitative estimate of drug-likeness (QED) is 0.785. The van der Waals surface area contributed by atoms with E-state index in [0.717, 1.165) is 22.9 Å². The Hall–Kier alpha value is -1.70. The molecule has 1 N–H and O–H groups in total. The highest BCUT2D eigenvalue weighted by molar-refractivity contribution is 9.10. The largest absolute Gasteiger partial charge is 0.422 e. The number of carbonyl (C=O) groups excluding carboxylic acids is 1. The van der Waals surface area contributed by atoms with Crippen LogP contribution in [0.2, 0.25) is 0 Å². The maximum Gasteiger partial charge on any atom is 0.349 e. The van der Waals surface area contributed by atoms with Gasteiger partial charge in [-0.25, -0.2) is 4.79 Å². The van der Waals surface area contributed by atoms with Gasteiger partial charge in [0.05, 0.1) is 13.2 Å². The molecule has 134 valence electrons. The number of nitrogens with one attached hydrogen (secondary N) is 1. The number of nitrogens with zero attached hydrogens (tertiary/aromatic N) is 1. The van der Waals surface area contributed by atoms with Crippen molar-refractivity contribution in [3.63, 3.8) is 0 Å². The SMILES string of the molecule is Cc1c(C(=O)NC[C@H](C)N2CCOCC2)c(=O)oc2ccc(Br)cc12. The molecule has 0 radical (unpaired) electrons. The zero-order valence-corrected chi connectivity index (χ0v) is 15.9. The first-order valence-electron chi connectivity index (χ1n) is 8.30. The predicted octanol–water partition coefficient (Wildman–Crippen LogP) is 2.31. The minimum Gasteiger partial charge on any atom is -0.422 e. The molecule has 1 saturated heterocycles. The summed E-state index contributed by atoms with van der Waals surface area (Å²) in [6, 6.07) is 5.54. The van der Waals surface area contributed by atoms with Gasteiger partial charge >= 0.3 is 5.63 Å². The summed E-state index contributed by atoms with van der Waals surface area (Å²) in [7, 11) is 0. The lowest BCUT2D eigenvalue weighted by Gasteiger charge is -2.32. The van der Waals surface area contributed by atoms with Gasteiger partial charge < -0.3 is 14.5 Å². The van der Waals surface area contributed by atoms with E-state index in [1.54, 1.807) is 19.1 Å². The first kappa shape index (κ1) is 18.1. The van der Waals surface area contributed by atoms with Crippen LogP contribution < -0.4 is 10.9 Å². The van der Waals surface area contributed by atoms with Gasteiger partial charge in [0.15, 0.2) is 0 Å². The number of hydrogen-bond acceptors (Lipinski definition) is 5. The molecule has 2 aromatic rings. The van der Waals surface area contributed by atoms with Gasteiger partial charge in [-0.2, -0.15) is 0 Å². The van der Waals surface area contributed by atoms with Crippen LogP contribution in [0.3, 0.4) is 0 Å². The van der Waals surface area contributed by atoms with Gasteiger partial charge in [-0.1, -0.05) is 15.9 Å². The van der Waals surface area contributed by atoms with Crippen LogP contribution in [0.15, 0.2) is 31.9 Å². The second kappa shape index (κ2) is 7.68. The van der Waals surface area contributed by atoms with Crippen molar-refractivity contribution in [2.24, 2.45) is 0 Å². The zero-order valence-electron chi connectivity index (χ0n) is 14.3. The molecule has 7 heteroatoms. The fourth-order valence-electron chi connectivity index (χ4n) is 3.06. The summed E-state index contributed by atoms with van der Waals surface area (Å²) in [4.78, 5) is 27.1. The Balaban J connectivity index is 1.78. The van der Waals surface area contributed by atoms with Gasteiger partial charge in [-0.05, 0) is 37.6 Å². The molecule has 0 unspecified atom stereocenters. The zero-order chi connectivity index (χ0) is 18.0. The molecule has 1 atom stereocenters. The molecule has 1 aliphatic heterocycles. The number of carbonyl (C=O) groups is 1. The summed E-state index contributed by atoms with van der Waals surface area (Å²) in [5.74, 6) is -0.395. The summed E-state index contributed by atoms with van der Waals surface area (Å²) in [6.07, 6.45) is 0. The van der Waals surface area contributed by atoms with Crippen molar-refractivity contribution in [2.45, 2.75) is 19.9 Å². The third kappa shape index (κ3) is 3.94. The second-order valence-electron chi connectivity index (χ2n) is 6.24. The van der Waals surface area contributed by atoms with Crippen LogP contribution in [-0.4, -0.2) is 49.7 Å². The first-order chi connectivity index (χ1) is 12.0. The maximum atomic E-state index is 12.6. The van der Waals surface area contributed by atoms with E-state index in [9.17, 15) is 9.59 Å². The number of halogens is 1. The predicted molar refractivity (Wildman–Crippen MR) is 99.1 cm³/mol. The molecular formula is C18H21BrN2O4. The Morgan fingerprint density at radius 3 is 2.80 bits per heavy atom. The van der Waals surface area contributed by atoms with Crippen molar-refractivity contribution in [2.75, 3.05) is 32.8 Å². The van der Waals surface area contributed by atoms with Crippen LogP contribution >= 0.6 is 15.9 Å². The van der Waals surface area contributed by atoms with E-state index < -0.39 is 11.5 Å². The number of morpholine rings is 1. The van der Waals surface area contributed by atoms with Crippen molar-refractivity contribution < 1.29 is 13.9 Å². The van der Waals surface area contributed by atoms with Crippen molar-refractivity contribution in [1.29, 1.82) is 0 Å². The van der Waals surface area contributed by atoms with Crippen LogP contribution in [0.25, 0.3) is 11.0 Å². The molecular weight excluding hydrogens is 388 g/mol. The molecule has 1 amide bonds. The average molecular weight is 409 g/mol. The molecule has 1 aromatic carbocycles. The summed E-state index contributed by atoms with van der Waals surface area (Å²) in [5, 5.41) is 3.61. The van der Waals surface area contributed by atoms with Crippen LogP contribution in [-0.2, 0) is 4.74 Å². The monoisotopic (exact) mass is 408 g/mol. The smallest absolute Gasteiger partial charge is 0.349 e. The van der Waals surface area contributed by atoms with Crippen LogP contribution in [0.1, 0.15) is 22.8 Å². The minimum atomic E-state index is -0.608. The lowest BCUT2D eigenvalue weighted by molar-refractivity contribution is 0.0204. The van der Waals surface area contributed by atoms with Gasteiger partial charge in [0.25, 0.3) is 5.91 Å². The van der Waals surface area contributed by atoms with E-state index in [-0.39, 0.29) is 11.6 Å². The molecule has 1 fully saturated rings. The number of amides is 1. The summed E-state index contributed by atoms with van der Waals surface area (Å²) in [6.45, 7) is 7.41. The maximum absolute atomic E-state index is 12.6. The van der Waals surface area contributed by atoms with Crippen molar-refractivity contribution in [3.8, 4) is 0 Å². The van der Waals surface area contributed by atoms with E-state index in [0.29, 0.717) is 30.9 Å². The lowest BCUT2D eigenvalue weighted by atomic mass is 10.1. The highest BCUT2D eigenvalue weighted by Gasteiger charge is 2.21. The standard InChI is InChI=1S/C18H21BrN2O4/c1-11(21-5-7-24-8-6-21)10-20-17(22)16-12(2)14-9-13(19)3-4-15(14)25-18(16)23/h3-4,9,11H,5-8,10H2,1-2H3,(H,20,22)/t11-/m0/s1. The Kier molecular flexibility index (Phi) is 5.56. The van der Waals surface area contributed by atoms with Gasteiger partial charge in [0.2, 0.25) is 0 Å². The first-order valence-corrected chi connectivity index (χ1v) is 9.09. The molecule has 25 heavy (non-hydrogen) atoms. The number of hydrogen-bond donors (Lipinski definition) is 1. The second-order valence-corrected chi connectivity index (χ2v) is 7.15. The number of benzene rings is 1. The summed E-state index contributed by atoms with van der Waals surface area (Å²) < 4.78 is 11.5. The molecule has 0 spiro atoms. The number of ether oxygens (including phenoxy) is 1. The molecule has 6 nitrogen and oxygen atoms in total. The Morgan fingerprint density at radius 1 is 1.36 bits per heavy atom. The number of rotatable bonds is 4. The Morgan fingerprint density at radius 2 is 2.08 bits per heavy atom. The van der Waals surface area contributed by atoms with E-state index in [2.05, 4.69) is 33.1 Å². The molecule has 0 bridgehead atoms. The molecule has 0 saturated carbocycles. The highest BCUT2D eigenvalue weighted by atomic mass is 79.9. The molecule has 1 aromatic heterocycles. The minimum absolute atomic E-state index is 0.0692. The van der Waals surface area contributed by atoms with Crippen LogP contribution in [0.4, 0.5) is 0 Å². The summed E-state index contributed by atoms with van der Waals surface area (Å²) >= 11 is 3.40. The van der Waals surface area contributed by atoms with Crippen LogP contribution in [0, 0.1) is 6.92 Å². The molecule has 0 aliphatic carbocycles. The Bertz CT molecular complexity index is 843. The van der Waals surface area contributed by atoms with E-state index in [1.807, 2.05) is 6.07 Å². The van der Waals surface area contributed by atoms with Crippen molar-refractivity contribution >= 4 is 32.8 Å². The third-order valence-electron chi connectivity index (χ3n) is 4.58. The van der Waals surface area contributed by atoms with Gasteiger partial charge in [0, 0.05) is 35.5 Å². The van der Waals surface area contributed by atoms with Gasteiger partial charge in [-0.3, -0.25) is 9.69 Å². The number of fused-ring (bicyclic) bond motifs is 1. The van der Waals surface area contributed by atoms with E-state index in [1.165, 1.54) is 0 Å².